The van der Waals surface area contributed by atoms with E-state index in [0.29, 0.717) is 5.95 Å². The number of ether oxygens (including phenoxy) is 3. The van der Waals surface area contributed by atoms with E-state index in [1.807, 2.05) is 13.8 Å². The second-order valence-corrected chi connectivity index (χ2v) is 4.19. The summed E-state index contributed by atoms with van der Waals surface area (Å²) >= 11 is 0. The molecule has 1 aromatic heterocycles. The van der Waals surface area contributed by atoms with E-state index in [1.165, 1.54) is 14.2 Å². The Bertz CT molecular complexity index is 352. The van der Waals surface area contributed by atoms with E-state index in [9.17, 15) is 0 Å². The number of methoxy groups -OCH3 is 2. The van der Waals surface area contributed by atoms with Gasteiger partial charge < -0.3 is 19.5 Å². The van der Waals surface area contributed by atoms with E-state index in [-0.39, 0.29) is 18.1 Å². The zero-order valence-electron chi connectivity index (χ0n) is 12.0. The maximum absolute atomic E-state index is 5.46. The number of hydrogen-bond acceptors (Lipinski definition) is 7. The Morgan fingerprint density at radius 1 is 1.00 bits per heavy atom. The van der Waals surface area contributed by atoms with E-state index in [1.54, 1.807) is 0 Å². The Balaban J connectivity index is 2.32. The molecule has 0 amide bonds. The van der Waals surface area contributed by atoms with Gasteiger partial charge in [-0.15, -0.1) is 4.98 Å². The van der Waals surface area contributed by atoms with E-state index >= 15 is 0 Å². The second kappa shape index (κ2) is 8.47. The number of rotatable bonds is 9. The van der Waals surface area contributed by atoms with Gasteiger partial charge >= 0.3 is 12.0 Å². The normalized spacial score (nSPS) is 10.6. The van der Waals surface area contributed by atoms with Crippen molar-refractivity contribution in [1.29, 1.82) is 0 Å². The van der Waals surface area contributed by atoms with E-state index in [2.05, 4.69) is 20.3 Å². The molecule has 0 aliphatic carbocycles. The van der Waals surface area contributed by atoms with Crippen molar-refractivity contribution in [2.45, 2.75) is 32.8 Å². The van der Waals surface area contributed by atoms with Gasteiger partial charge in [0.15, 0.2) is 0 Å². The molecule has 0 fully saturated rings. The van der Waals surface area contributed by atoms with Crippen molar-refractivity contribution in [2.75, 3.05) is 32.7 Å². The lowest BCUT2D eigenvalue weighted by atomic mass is 10.3. The highest BCUT2D eigenvalue weighted by molar-refractivity contribution is 5.27. The zero-order chi connectivity index (χ0) is 14.1. The van der Waals surface area contributed by atoms with Crippen molar-refractivity contribution in [2.24, 2.45) is 0 Å². The molecule has 1 aromatic rings. The van der Waals surface area contributed by atoms with Gasteiger partial charge in [0.2, 0.25) is 5.95 Å². The highest BCUT2D eigenvalue weighted by Gasteiger charge is 2.06. The number of hydrogen-bond donors (Lipinski definition) is 1. The van der Waals surface area contributed by atoms with Gasteiger partial charge in [0.1, 0.15) is 0 Å². The van der Waals surface area contributed by atoms with Crippen molar-refractivity contribution >= 4 is 5.95 Å². The summed E-state index contributed by atoms with van der Waals surface area (Å²) in [7, 11) is 3.00. The molecule has 0 atom stereocenters. The number of unbranched alkanes of at least 4 members (excludes halogenated alkanes) is 1. The van der Waals surface area contributed by atoms with Gasteiger partial charge in [0.25, 0.3) is 0 Å². The van der Waals surface area contributed by atoms with Crippen LogP contribution < -0.4 is 14.8 Å². The van der Waals surface area contributed by atoms with Gasteiger partial charge in [-0.1, -0.05) is 0 Å². The third-order valence-corrected chi connectivity index (χ3v) is 2.26. The van der Waals surface area contributed by atoms with Gasteiger partial charge in [-0.2, -0.15) is 9.97 Å². The van der Waals surface area contributed by atoms with Crippen molar-refractivity contribution in [1.82, 2.24) is 15.0 Å². The SMILES string of the molecule is COc1nc(NCCCCOC(C)C)nc(OC)n1. The summed E-state index contributed by atoms with van der Waals surface area (Å²) in [6, 6.07) is 0.468. The maximum Gasteiger partial charge on any atom is 0.324 e. The highest BCUT2D eigenvalue weighted by Crippen LogP contribution is 2.11. The van der Waals surface area contributed by atoms with Crippen LogP contribution in [-0.4, -0.2) is 48.4 Å². The Kier molecular flexibility index (Phi) is 6.88. The largest absolute Gasteiger partial charge is 0.467 e. The van der Waals surface area contributed by atoms with Crippen molar-refractivity contribution in [3.8, 4) is 12.0 Å². The minimum Gasteiger partial charge on any atom is -0.467 e. The Hall–Kier alpha value is -1.63. The standard InChI is InChI=1S/C12H22N4O3/c1-9(2)19-8-6-5-7-13-10-14-11(17-3)16-12(15-10)18-4/h9H,5-8H2,1-4H3,(H,13,14,15,16). The van der Waals surface area contributed by atoms with Crippen molar-refractivity contribution in [3.05, 3.63) is 0 Å². The quantitative estimate of drug-likeness (QED) is 0.681. The molecule has 0 aromatic carbocycles. The van der Waals surface area contributed by atoms with Crippen molar-refractivity contribution < 1.29 is 14.2 Å². The number of aromatic nitrogens is 3. The molecular weight excluding hydrogens is 248 g/mol. The highest BCUT2D eigenvalue weighted by atomic mass is 16.5. The number of nitrogens with zero attached hydrogens (tertiary/aromatic N) is 3. The van der Waals surface area contributed by atoms with Crippen molar-refractivity contribution in [3.63, 3.8) is 0 Å². The fourth-order valence-corrected chi connectivity index (χ4v) is 1.35. The Morgan fingerprint density at radius 2 is 1.63 bits per heavy atom. The summed E-state index contributed by atoms with van der Waals surface area (Å²) in [5.74, 6) is 0.452. The molecule has 0 spiro atoms. The molecule has 7 nitrogen and oxygen atoms in total. The predicted octanol–water partition coefficient (Wildman–Crippen LogP) is 1.51. The summed E-state index contributed by atoms with van der Waals surface area (Å²) in [4.78, 5) is 12.1. The first-order chi connectivity index (χ1) is 9.15. The first kappa shape index (κ1) is 15.4. The van der Waals surface area contributed by atoms with Crippen LogP contribution in [-0.2, 0) is 4.74 Å². The molecule has 1 heterocycles. The van der Waals surface area contributed by atoms with Gasteiger partial charge in [0.05, 0.1) is 20.3 Å². The molecule has 1 N–H and O–H groups in total. The lowest BCUT2D eigenvalue weighted by molar-refractivity contribution is 0.0765. The summed E-state index contributed by atoms with van der Waals surface area (Å²) in [5.41, 5.74) is 0. The molecule has 108 valence electrons. The van der Waals surface area contributed by atoms with E-state index in [0.717, 1.165) is 26.0 Å². The molecular formula is C12H22N4O3. The fraction of sp³-hybridized carbons (Fsp3) is 0.750. The van der Waals surface area contributed by atoms with E-state index in [4.69, 9.17) is 14.2 Å². The molecule has 0 bridgehead atoms. The smallest absolute Gasteiger partial charge is 0.324 e. The van der Waals surface area contributed by atoms with Crippen LogP contribution in [0.5, 0.6) is 12.0 Å². The van der Waals surface area contributed by atoms with Crippen LogP contribution in [0.3, 0.4) is 0 Å². The van der Waals surface area contributed by atoms with Crippen LogP contribution in [0.2, 0.25) is 0 Å². The molecule has 0 radical (unpaired) electrons. The average Bonchev–Trinajstić information content (AvgIpc) is 2.41. The Labute approximate surface area is 113 Å². The predicted molar refractivity (Wildman–Crippen MR) is 71.7 cm³/mol. The third-order valence-electron chi connectivity index (χ3n) is 2.26. The molecule has 0 saturated carbocycles. The van der Waals surface area contributed by atoms with E-state index < -0.39 is 0 Å². The van der Waals surface area contributed by atoms with Crippen LogP contribution in [0.25, 0.3) is 0 Å². The summed E-state index contributed by atoms with van der Waals surface area (Å²) in [6.45, 7) is 5.59. The molecule has 0 saturated heterocycles. The minimum atomic E-state index is 0.234. The molecule has 0 unspecified atom stereocenters. The number of anilines is 1. The van der Waals surface area contributed by atoms with Crippen LogP contribution in [0.15, 0.2) is 0 Å². The minimum absolute atomic E-state index is 0.234. The van der Waals surface area contributed by atoms with Crippen LogP contribution in [0.1, 0.15) is 26.7 Å². The second-order valence-electron chi connectivity index (χ2n) is 4.19. The van der Waals surface area contributed by atoms with Gasteiger partial charge in [-0.3, -0.25) is 0 Å². The summed E-state index contributed by atoms with van der Waals surface area (Å²) in [6.07, 6.45) is 2.25. The maximum atomic E-state index is 5.46. The molecule has 19 heavy (non-hydrogen) atoms. The first-order valence-electron chi connectivity index (χ1n) is 6.35. The number of nitrogens with one attached hydrogen (secondary N) is 1. The summed E-state index contributed by atoms with van der Waals surface area (Å²) in [5, 5.41) is 3.10. The molecule has 0 aliphatic heterocycles. The lowest BCUT2D eigenvalue weighted by Crippen LogP contribution is -2.10. The zero-order valence-corrected chi connectivity index (χ0v) is 12.0. The first-order valence-corrected chi connectivity index (χ1v) is 6.35. The third kappa shape index (κ3) is 6.19. The molecule has 7 heteroatoms. The topological polar surface area (TPSA) is 78.4 Å². The Morgan fingerprint density at radius 3 is 2.16 bits per heavy atom. The molecule has 0 aliphatic rings. The van der Waals surface area contributed by atoms with Gasteiger partial charge in [-0.05, 0) is 26.7 Å². The van der Waals surface area contributed by atoms with Gasteiger partial charge in [-0.25, -0.2) is 0 Å². The van der Waals surface area contributed by atoms with Crippen LogP contribution in [0.4, 0.5) is 5.95 Å². The van der Waals surface area contributed by atoms with Crippen LogP contribution in [0, 0.1) is 0 Å². The summed E-state index contributed by atoms with van der Waals surface area (Å²) < 4.78 is 15.4. The average molecular weight is 270 g/mol. The monoisotopic (exact) mass is 270 g/mol. The lowest BCUT2D eigenvalue weighted by Gasteiger charge is -2.08. The fourth-order valence-electron chi connectivity index (χ4n) is 1.35. The van der Waals surface area contributed by atoms with Gasteiger partial charge in [0, 0.05) is 13.2 Å². The van der Waals surface area contributed by atoms with Crippen LogP contribution >= 0.6 is 0 Å². The molecule has 1 rings (SSSR count).